The lowest BCUT2D eigenvalue weighted by Crippen LogP contribution is -2.20. The maximum absolute atomic E-state index is 12.3. The Kier molecular flexibility index (Phi) is 4.78. The second kappa shape index (κ2) is 5.93. The number of halogens is 4. The van der Waals surface area contributed by atoms with Crippen LogP contribution in [-0.2, 0) is 10.1 Å². The van der Waals surface area contributed by atoms with E-state index in [-0.39, 0.29) is 10.9 Å². The highest BCUT2D eigenvalue weighted by Gasteiger charge is 2.34. The molecule has 0 heterocycles. The molecule has 19 heavy (non-hydrogen) atoms. The van der Waals surface area contributed by atoms with Gasteiger partial charge in [-0.3, -0.25) is 0 Å². The van der Waals surface area contributed by atoms with Crippen LogP contribution < -0.4 is 4.74 Å². The van der Waals surface area contributed by atoms with Crippen molar-refractivity contribution < 1.29 is 27.4 Å². The summed E-state index contributed by atoms with van der Waals surface area (Å²) >= 11 is 3.05. The standard InChI is InChI=1S/C11H7BrF3NO3/c1-18-10(17)9-7(5-16)2-6(4-12)3-8(9)19-11(13,14)15/h2-3H,4H2,1H3. The van der Waals surface area contributed by atoms with Gasteiger partial charge in [0.2, 0.25) is 0 Å². The fourth-order valence-electron chi connectivity index (χ4n) is 1.36. The Labute approximate surface area is 114 Å². The molecule has 1 aromatic carbocycles. The van der Waals surface area contributed by atoms with Gasteiger partial charge < -0.3 is 9.47 Å². The predicted octanol–water partition coefficient (Wildman–Crippen LogP) is 3.14. The largest absolute Gasteiger partial charge is 0.573 e. The van der Waals surface area contributed by atoms with Crippen LogP contribution in [-0.4, -0.2) is 19.4 Å². The second-order valence-corrected chi connectivity index (χ2v) is 3.86. The van der Waals surface area contributed by atoms with Crippen LogP contribution >= 0.6 is 15.9 Å². The van der Waals surface area contributed by atoms with Crippen LogP contribution in [0.25, 0.3) is 0 Å². The van der Waals surface area contributed by atoms with E-state index in [0.29, 0.717) is 5.56 Å². The highest BCUT2D eigenvalue weighted by molar-refractivity contribution is 9.08. The summed E-state index contributed by atoms with van der Waals surface area (Å²) in [5, 5.41) is 9.10. The molecule has 0 unspecified atom stereocenters. The minimum Gasteiger partial charge on any atom is -0.465 e. The van der Waals surface area contributed by atoms with E-state index in [1.165, 1.54) is 6.07 Å². The number of benzene rings is 1. The maximum atomic E-state index is 12.3. The predicted molar refractivity (Wildman–Crippen MR) is 61.8 cm³/mol. The van der Waals surface area contributed by atoms with Gasteiger partial charge in [-0.15, -0.1) is 13.2 Å². The van der Waals surface area contributed by atoms with Crippen LogP contribution in [0.4, 0.5) is 13.2 Å². The summed E-state index contributed by atoms with van der Waals surface area (Å²) in [5.41, 5.74) is -0.432. The zero-order valence-corrected chi connectivity index (χ0v) is 11.1. The van der Waals surface area contributed by atoms with E-state index in [4.69, 9.17) is 5.26 Å². The van der Waals surface area contributed by atoms with Crippen molar-refractivity contribution in [2.24, 2.45) is 0 Å². The number of hydrogen-bond donors (Lipinski definition) is 0. The van der Waals surface area contributed by atoms with Crippen LogP contribution in [0, 0.1) is 11.3 Å². The quantitative estimate of drug-likeness (QED) is 0.628. The molecule has 4 nitrogen and oxygen atoms in total. The number of rotatable bonds is 3. The molecule has 1 rings (SSSR count). The van der Waals surface area contributed by atoms with E-state index in [9.17, 15) is 18.0 Å². The molecule has 0 spiro atoms. The molecule has 0 saturated carbocycles. The molecule has 8 heteroatoms. The van der Waals surface area contributed by atoms with Crippen molar-refractivity contribution in [1.82, 2.24) is 0 Å². The van der Waals surface area contributed by atoms with E-state index in [1.807, 2.05) is 0 Å². The molecule has 0 bridgehead atoms. The number of carbonyl (C=O) groups excluding carboxylic acids is 1. The van der Waals surface area contributed by atoms with Gasteiger partial charge in [0.1, 0.15) is 17.4 Å². The molecular formula is C11H7BrF3NO3. The van der Waals surface area contributed by atoms with Crippen molar-refractivity contribution >= 4 is 21.9 Å². The molecule has 0 fully saturated rings. The van der Waals surface area contributed by atoms with Crippen molar-refractivity contribution in [3.05, 3.63) is 28.8 Å². The molecule has 0 saturated heterocycles. The Balaban J connectivity index is 3.47. The smallest absolute Gasteiger partial charge is 0.465 e. The van der Waals surface area contributed by atoms with Gasteiger partial charge in [0.25, 0.3) is 0 Å². The fraction of sp³-hybridized carbons (Fsp3) is 0.273. The highest BCUT2D eigenvalue weighted by Crippen LogP contribution is 2.31. The van der Waals surface area contributed by atoms with E-state index >= 15 is 0 Å². The summed E-state index contributed by atoms with van der Waals surface area (Å²) in [7, 11) is 0.999. The average Bonchev–Trinajstić information content (AvgIpc) is 2.34. The Morgan fingerprint density at radius 3 is 2.53 bits per heavy atom. The number of esters is 1. The van der Waals surface area contributed by atoms with Gasteiger partial charge in [0.05, 0.1) is 12.7 Å². The second-order valence-electron chi connectivity index (χ2n) is 3.30. The lowest BCUT2D eigenvalue weighted by Gasteiger charge is -2.14. The highest BCUT2D eigenvalue weighted by atomic mass is 79.9. The first kappa shape index (κ1) is 15.3. The molecule has 0 aromatic heterocycles. The number of carbonyl (C=O) groups is 1. The Bertz CT molecular complexity index is 537. The van der Waals surface area contributed by atoms with Gasteiger partial charge in [-0.25, -0.2) is 4.79 Å². The van der Waals surface area contributed by atoms with Gasteiger partial charge in [0.15, 0.2) is 0 Å². The van der Waals surface area contributed by atoms with Crippen LogP contribution in [0.1, 0.15) is 21.5 Å². The monoisotopic (exact) mass is 337 g/mol. The molecule has 0 N–H and O–H groups in total. The third kappa shape index (κ3) is 3.86. The maximum Gasteiger partial charge on any atom is 0.573 e. The molecule has 0 radical (unpaired) electrons. The van der Waals surface area contributed by atoms with E-state index in [2.05, 4.69) is 25.4 Å². The molecule has 0 atom stereocenters. The van der Waals surface area contributed by atoms with E-state index < -0.39 is 23.6 Å². The van der Waals surface area contributed by atoms with Gasteiger partial charge in [-0.05, 0) is 17.7 Å². The molecule has 0 aliphatic rings. The molecule has 0 amide bonds. The van der Waals surface area contributed by atoms with Crippen LogP contribution in [0.5, 0.6) is 5.75 Å². The number of nitriles is 1. The van der Waals surface area contributed by atoms with Gasteiger partial charge in [0, 0.05) is 5.33 Å². The minimum absolute atomic E-state index is 0.206. The lowest BCUT2D eigenvalue weighted by molar-refractivity contribution is -0.274. The topological polar surface area (TPSA) is 59.3 Å². The lowest BCUT2D eigenvalue weighted by atomic mass is 10.0. The van der Waals surface area contributed by atoms with E-state index in [1.54, 1.807) is 6.07 Å². The summed E-state index contributed by atoms with van der Waals surface area (Å²) < 4.78 is 45.0. The van der Waals surface area contributed by atoms with Gasteiger partial charge in [-0.1, -0.05) is 15.9 Å². The summed E-state index contributed by atoms with van der Waals surface area (Å²) in [6.45, 7) is 0. The number of nitrogens with zero attached hydrogens (tertiary/aromatic N) is 1. The zero-order chi connectivity index (χ0) is 14.6. The van der Waals surface area contributed by atoms with Crippen molar-refractivity contribution in [3.8, 4) is 11.8 Å². The number of hydrogen-bond acceptors (Lipinski definition) is 4. The normalized spacial score (nSPS) is 10.7. The van der Waals surface area contributed by atoms with Crippen molar-refractivity contribution in [2.45, 2.75) is 11.7 Å². The third-order valence-corrected chi connectivity index (χ3v) is 2.70. The number of alkyl halides is 4. The first-order valence-corrected chi connectivity index (χ1v) is 5.91. The Hall–Kier alpha value is -1.75. The fourth-order valence-corrected chi connectivity index (χ4v) is 1.68. The summed E-state index contributed by atoms with van der Waals surface area (Å²) in [6.07, 6.45) is -4.97. The molecule has 1 aromatic rings. The average molecular weight is 338 g/mol. The summed E-state index contributed by atoms with van der Waals surface area (Å²) in [6, 6.07) is 3.95. The van der Waals surface area contributed by atoms with E-state index in [0.717, 1.165) is 13.2 Å². The minimum atomic E-state index is -4.97. The van der Waals surface area contributed by atoms with Crippen LogP contribution in [0.3, 0.4) is 0 Å². The van der Waals surface area contributed by atoms with Crippen LogP contribution in [0.15, 0.2) is 12.1 Å². The Morgan fingerprint density at radius 1 is 1.47 bits per heavy atom. The summed E-state index contributed by atoms with van der Waals surface area (Å²) in [5.74, 6) is -1.83. The van der Waals surface area contributed by atoms with Gasteiger partial charge in [-0.2, -0.15) is 5.26 Å². The first-order valence-electron chi connectivity index (χ1n) is 4.79. The molecular weight excluding hydrogens is 331 g/mol. The van der Waals surface area contributed by atoms with Crippen molar-refractivity contribution in [1.29, 1.82) is 5.26 Å². The zero-order valence-electron chi connectivity index (χ0n) is 9.55. The first-order chi connectivity index (χ1) is 8.82. The Morgan fingerprint density at radius 2 is 2.11 bits per heavy atom. The molecule has 0 aliphatic carbocycles. The van der Waals surface area contributed by atoms with Gasteiger partial charge >= 0.3 is 12.3 Å². The van der Waals surface area contributed by atoms with Crippen molar-refractivity contribution in [2.75, 3.05) is 7.11 Å². The molecule has 0 aliphatic heterocycles. The molecule has 102 valence electrons. The van der Waals surface area contributed by atoms with Crippen LogP contribution in [0.2, 0.25) is 0 Å². The number of methoxy groups -OCH3 is 1. The summed E-state index contributed by atoms with van der Waals surface area (Å²) in [4.78, 5) is 11.5. The SMILES string of the molecule is COC(=O)c1c(C#N)cc(CBr)cc1OC(F)(F)F. The number of ether oxygens (including phenoxy) is 2. The third-order valence-electron chi connectivity index (χ3n) is 2.05. The van der Waals surface area contributed by atoms with Crippen molar-refractivity contribution in [3.63, 3.8) is 0 Å².